The minimum atomic E-state index is -2.35. The van der Waals surface area contributed by atoms with Crippen molar-refractivity contribution in [2.24, 2.45) is 16.7 Å². The van der Waals surface area contributed by atoms with Crippen molar-refractivity contribution in [1.82, 2.24) is 5.32 Å². The van der Waals surface area contributed by atoms with Crippen LogP contribution in [0.5, 0.6) is 0 Å². The van der Waals surface area contributed by atoms with E-state index >= 15 is 0 Å². The van der Waals surface area contributed by atoms with Gasteiger partial charge in [0.15, 0.2) is 17.5 Å². The van der Waals surface area contributed by atoms with Crippen molar-refractivity contribution in [3.63, 3.8) is 0 Å². The van der Waals surface area contributed by atoms with E-state index in [9.17, 15) is 44.4 Å². The lowest BCUT2D eigenvalue weighted by Crippen LogP contribution is -2.81. The Labute approximate surface area is 336 Å². The summed E-state index contributed by atoms with van der Waals surface area (Å²) in [6.45, 7) is 11.8. The van der Waals surface area contributed by atoms with Crippen LogP contribution in [0, 0.1) is 16.7 Å². The van der Waals surface area contributed by atoms with Gasteiger partial charge in [0.2, 0.25) is 0 Å². The van der Waals surface area contributed by atoms with Crippen molar-refractivity contribution >= 4 is 29.8 Å². The third kappa shape index (κ3) is 7.10. The zero-order valence-electron chi connectivity index (χ0n) is 33.9. The summed E-state index contributed by atoms with van der Waals surface area (Å²) in [5.41, 5.74) is -8.14. The number of amides is 1. The van der Waals surface area contributed by atoms with Gasteiger partial charge < -0.3 is 49.4 Å². The molecule has 11 atom stereocenters. The number of carbonyl (C=O) groups excluding carboxylic acids is 5. The number of fused-ring (bicyclic) bond motifs is 5. The summed E-state index contributed by atoms with van der Waals surface area (Å²) in [6.07, 6.45) is -11.5. The molecule has 2 aromatic rings. The van der Waals surface area contributed by atoms with Gasteiger partial charge in [-0.2, -0.15) is 0 Å². The van der Waals surface area contributed by atoms with Crippen LogP contribution in [0.2, 0.25) is 0 Å². The van der Waals surface area contributed by atoms with E-state index < -0.39 is 112 Å². The topological polar surface area (TPSA) is 224 Å². The molecule has 3 unspecified atom stereocenters. The summed E-state index contributed by atoms with van der Waals surface area (Å²) in [4.78, 5) is 68.9. The highest BCUT2D eigenvalue weighted by atomic mass is 16.6. The van der Waals surface area contributed by atoms with Gasteiger partial charge in [-0.3, -0.25) is 9.59 Å². The molecule has 15 nitrogen and oxygen atoms in total. The Morgan fingerprint density at radius 3 is 2.10 bits per heavy atom. The molecule has 3 fully saturated rings. The largest absolute Gasteiger partial charge is 0.456 e. The highest BCUT2D eigenvalue weighted by Crippen LogP contribution is 2.64. The van der Waals surface area contributed by atoms with E-state index in [0.717, 1.165) is 6.92 Å². The first-order valence-electron chi connectivity index (χ1n) is 19.3. The standard InChI is InChI=1S/C43H53NO14/c1-22-26(55-37(51)32(48)30(24-15-11-9-12-16-24)44-38(52)58-39(3,4)5)20-43(53)35(56-36(50)25-17-13-10-14-18-25)33-41(8,34(49)31(47)29(22)40(43,6)7)27(46)19-28-42(33,21-54-28)57-23(2)45/h9-18,26-28,30-33,35,46-48,53H,19-21H2,1-8H3,(H,44,52)/t26-,27-,28+,30-,31?,32+,33?,35-,41+,42?,43+/m0/s1. The average Bonchev–Trinajstić information content (AvgIpc) is 3.14. The Morgan fingerprint density at radius 1 is 0.948 bits per heavy atom. The van der Waals surface area contributed by atoms with Gasteiger partial charge in [-0.15, -0.1) is 0 Å². The number of rotatable bonds is 8. The molecule has 5 N–H and O–H groups in total. The molecule has 6 rings (SSSR count). The maximum Gasteiger partial charge on any atom is 0.408 e. The monoisotopic (exact) mass is 807 g/mol. The molecule has 1 amide bonds. The Bertz CT molecular complexity index is 1980. The lowest BCUT2D eigenvalue weighted by atomic mass is 9.44. The number of esters is 3. The van der Waals surface area contributed by atoms with Gasteiger partial charge >= 0.3 is 24.0 Å². The minimum absolute atomic E-state index is 0.0637. The Morgan fingerprint density at radius 2 is 1.55 bits per heavy atom. The van der Waals surface area contributed by atoms with E-state index in [2.05, 4.69) is 5.32 Å². The summed E-state index contributed by atoms with van der Waals surface area (Å²) in [5.74, 6) is -5.36. The molecule has 3 aliphatic carbocycles. The average molecular weight is 808 g/mol. The molecular formula is C43H53NO14. The second-order valence-electron chi connectivity index (χ2n) is 17.6. The molecule has 314 valence electrons. The number of nitrogens with one attached hydrogen (secondary N) is 1. The number of alkyl carbamates (subject to hydrolysis) is 1. The fraction of sp³-hybridized carbons (Fsp3) is 0.558. The number of Topliss-reactive ketones (excluding diaryl/α,β-unsaturated/α-hetero) is 1. The Balaban J connectivity index is 1.49. The first kappa shape index (κ1) is 42.9. The van der Waals surface area contributed by atoms with Gasteiger partial charge in [0.1, 0.15) is 35.6 Å². The van der Waals surface area contributed by atoms with Crippen LogP contribution in [-0.4, -0.2) is 110 Å². The van der Waals surface area contributed by atoms with E-state index in [1.54, 1.807) is 83.1 Å². The number of carbonyl (C=O) groups is 5. The normalized spacial score (nSPS) is 33.7. The first-order chi connectivity index (χ1) is 27.0. The summed E-state index contributed by atoms with van der Waals surface area (Å²) in [7, 11) is 0. The van der Waals surface area contributed by atoms with Crippen molar-refractivity contribution in [3.05, 3.63) is 82.9 Å². The molecule has 15 heteroatoms. The maximum absolute atomic E-state index is 14.9. The third-order valence-corrected chi connectivity index (χ3v) is 12.6. The molecule has 0 spiro atoms. The zero-order valence-corrected chi connectivity index (χ0v) is 33.9. The number of ether oxygens (including phenoxy) is 5. The van der Waals surface area contributed by atoms with E-state index in [1.165, 1.54) is 26.0 Å². The molecule has 0 aromatic heterocycles. The van der Waals surface area contributed by atoms with E-state index in [4.69, 9.17) is 23.7 Å². The molecule has 1 aliphatic heterocycles. The zero-order chi connectivity index (χ0) is 42.7. The second-order valence-corrected chi connectivity index (χ2v) is 17.6. The van der Waals surface area contributed by atoms with Crippen LogP contribution in [-0.2, 0) is 38.1 Å². The number of benzene rings is 2. The smallest absolute Gasteiger partial charge is 0.408 e. The third-order valence-electron chi connectivity index (χ3n) is 12.6. The first-order valence-corrected chi connectivity index (χ1v) is 19.3. The van der Waals surface area contributed by atoms with Crippen molar-refractivity contribution in [1.29, 1.82) is 0 Å². The van der Waals surface area contributed by atoms with Gasteiger partial charge in [-0.1, -0.05) is 62.4 Å². The number of aliphatic hydroxyl groups excluding tert-OH is 3. The summed E-state index contributed by atoms with van der Waals surface area (Å²) in [5, 5.41) is 51.6. The van der Waals surface area contributed by atoms with Crippen molar-refractivity contribution in [3.8, 4) is 0 Å². The van der Waals surface area contributed by atoms with Crippen LogP contribution >= 0.6 is 0 Å². The maximum atomic E-state index is 14.9. The molecule has 0 radical (unpaired) electrons. The number of hydrogen-bond acceptors (Lipinski definition) is 14. The lowest BCUT2D eigenvalue weighted by Gasteiger charge is -2.67. The molecule has 4 aliphatic rings. The van der Waals surface area contributed by atoms with Crippen LogP contribution in [0.3, 0.4) is 0 Å². The van der Waals surface area contributed by atoms with Gasteiger partial charge in [0.05, 0.1) is 35.6 Å². The number of ketones is 1. The molecule has 1 saturated heterocycles. The van der Waals surface area contributed by atoms with Gasteiger partial charge in [0.25, 0.3) is 0 Å². The minimum Gasteiger partial charge on any atom is -0.456 e. The SMILES string of the molecule is CC(=O)OC12CO[C@@H]1C[C@H](O)[C@@]1(C)C(=O)C(O)C3=C(C)[C@@H](OC(=O)[C@H](O)[C@@H](NC(=O)OC(C)(C)C)c4ccccc4)C[C@@](O)([C@@H](OC(=O)c4ccccc4)C21)C3(C)C. The van der Waals surface area contributed by atoms with Crippen LogP contribution in [0.1, 0.15) is 90.2 Å². The molecular weight excluding hydrogens is 754 g/mol. The van der Waals surface area contributed by atoms with Crippen molar-refractivity contribution < 1.29 is 68.1 Å². The van der Waals surface area contributed by atoms with Crippen LogP contribution < -0.4 is 5.32 Å². The lowest BCUT2D eigenvalue weighted by molar-refractivity contribution is -0.346. The predicted octanol–water partition coefficient (Wildman–Crippen LogP) is 3.26. The van der Waals surface area contributed by atoms with Crippen LogP contribution in [0.4, 0.5) is 4.79 Å². The summed E-state index contributed by atoms with van der Waals surface area (Å²) in [6, 6.07) is 14.6. The number of hydrogen-bond donors (Lipinski definition) is 5. The second kappa shape index (κ2) is 15.2. The molecule has 2 saturated carbocycles. The Kier molecular flexibility index (Phi) is 11.2. The Hall–Kier alpha value is -4.67. The van der Waals surface area contributed by atoms with E-state index in [0.29, 0.717) is 5.56 Å². The van der Waals surface area contributed by atoms with E-state index in [1.807, 2.05) is 0 Å². The van der Waals surface area contributed by atoms with Crippen LogP contribution in [0.15, 0.2) is 71.8 Å². The molecule has 2 aromatic carbocycles. The number of aliphatic hydroxyl groups is 4. The molecule has 58 heavy (non-hydrogen) atoms. The van der Waals surface area contributed by atoms with Gasteiger partial charge in [-0.25, -0.2) is 14.4 Å². The molecule has 2 bridgehead atoms. The molecule has 1 heterocycles. The van der Waals surface area contributed by atoms with E-state index in [-0.39, 0.29) is 29.7 Å². The fourth-order valence-corrected chi connectivity index (χ4v) is 9.56. The van der Waals surface area contributed by atoms with Crippen LogP contribution in [0.25, 0.3) is 0 Å². The summed E-state index contributed by atoms with van der Waals surface area (Å²) >= 11 is 0. The van der Waals surface area contributed by atoms with Gasteiger partial charge in [-0.05, 0) is 63.5 Å². The highest BCUT2D eigenvalue weighted by Gasteiger charge is 2.78. The fourth-order valence-electron chi connectivity index (χ4n) is 9.56. The van der Waals surface area contributed by atoms with Crippen molar-refractivity contribution in [2.75, 3.05) is 6.61 Å². The summed E-state index contributed by atoms with van der Waals surface area (Å²) < 4.78 is 29.5. The van der Waals surface area contributed by atoms with Gasteiger partial charge in [0, 0.05) is 25.2 Å². The highest BCUT2D eigenvalue weighted by molar-refractivity contribution is 5.94. The predicted molar refractivity (Wildman–Crippen MR) is 204 cm³/mol. The quantitative estimate of drug-likeness (QED) is 0.147. The van der Waals surface area contributed by atoms with Crippen molar-refractivity contribution in [2.45, 2.75) is 128 Å².